The molecule has 2 aromatic heterocycles. The summed E-state index contributed by atoms with van der Waals surface area (Å²) in [5.74, 6) is -0.0297. The van der Waals surface area contributed by atoms with Crippen molar-refractivity contribution in [2.24, 2.45) is 0 Å². The van der Waals surface area contributed by atoms with Gasteiger partial charge in [-0.25, -0.2) is 0 Å². The van der Waals surface area contributed by atoms with Gasteiger partial charge in [0, 0.05) is 0 Å². The number of carbonyl (C=O) groups excluding carboxylic acids is 1. The van der Waals surface area contributed by atoms with Crippen molar-refractivity contribution < 1.29 is 4.79 Å². The van der Waals surface area contributed by atoms with E-state index in [-0.39, 0.29) is 5.78 Å². The molecule has 7 heteroatoms. The van der Waals surface area contributed by atoms with Crippen molar-refractivity contribution in [3.8, 4) is 11.4 Å². The molecule has 0 bridgehead atoms. The van der Waals surface area contributed by atoms with Gasteiger partial charge in [-0.2, -0.15) is 0 Å². The molecule has 0 fully saturated rings. The molecule has 0 N–H and O–H groups in total. The summed E-state index contributed by atoms with van der Waals surface area (Å²) < 4.78 is 15.8. The fourth-order valence-electron chi connectivity index (χ4n) is 15.8. The summed E-state index contributed by atoms with van der Waals surface area (Å²) in [5, 5.41) is 4.94. The first kappa shape index (κ1) is 54.0. The van der Waals surface area contributed by atoms with Crippen molar-refractivity contribution in [2.75, 3.05) is 9.80 Å². The van der Waals surface area contributed by atoms with Crippen molar-refractivity contribution in [3.05, 3.63) is 363 Å². The normalized spacial score (nSPS) is 13.6. The summed E-state index contributed by atoms with van der Waals surface area (Å²) in [6.45, 7) is 0. The van der Waals surface area contributed by atoms with Crippen LogP contribution in [-0.2, 0) is 0 Å². The van der Waals surface area contributed by atoms with E-state index in [9.17, 15) is 0 Å². The molecule has 0 unspecified atom stereocenters. The van der Waals surface area contributed by atoms with Crippen molar-refractivity contribution in [2.45, 2.75) is 0 Å². The number of para-hydroxylation sites is 6. The molecule has 2 aliphatic rings. The Hall–Kier alpha value is -11.0. The van der Waals surface area contributed by atoms with E-state index in [0.717, 1.165) is 45.5 Å². The molecular formula is C85H58Ge2N4O. The van der Waals surface area contributed by atoms with Gasteiger partial charge >= 0.3 is 543 Å². The van der Waals surface area contributed by atoms with E-state index in [2.05, 4.69) is 347 Å². The van der Waals surface area contributed by atoms with Gasteiger partial charge < -0.3 is 0 Å². The van der Waals surface area contributed by atoms with Gasteiger partial charge in [0.05, 0.1) is 0 Å². The first-order chi connectivity index (χ1) is 45.6. The summed E-state index contributed by atoms with van der Waals surface area (Å²) in [5.41, 5.74) is 14.8. The van der Waals surface area contributed by atoms with Crippen LogP contribution in [0.25, 0.3) is 55.0 Å². The second-order valence-electron chi connectivity index (χ2n) is 24.2. The van der Waals surface area contributed by atoms with Gasteiger partial charge in [-0.3, -0.25) is 0 Å². The van der Waals surface area contributed by atoms with Crippen LogP contribution in [-0.4, -0.2) is 41.4 Å². The van der Waals surface area contributed by atoms with E-state index in [1.54, 1.807) is 0 Å². The number of ketones is 1. The quantitative estimate of drug-likeness (QED) is 0.101. The number of benzene rings is 14. The fourth-order valence-corrected chi connectivity index (χ4v) is 37.3. The molecule has 16 aromatic rings. The van der Waals surface area contributed by atoms with Crippen LogP contribution >= 0.6 is 0 Å². The molecule has 0 radical (unpaired) electrons. The summed E-state index contributed by atoms with van der Waals surface area (Å²) in [4.78, 5) is 19.9. The molecule has 0 spiro atoms. The van der Waals surface area contributed by atoms with Crippen LogP contribution in [0.15, 0.2) is 352 Å². The van der Waals surface area contributed by atoms with Crippen LogP contribution in [0.5, 0.6) is 0 Å². The molecular weight excluding hydrogens is 1240 g/mol. The number of rotatable bonds is 10. The van der Waals surface area contributed by atoms with Gasteiger partial charge in [-0.15, -0.1) is 0 Å². The molecule has 0 amide bonds. The zero-order valence-corrected chi connectivity index (χ0v) is 54.4. The average molecular weight is 1300 g/mol. The van der Waals surface area contributed by atoms with Gasteiger partial charge in [0.25, 0.3) is 0 Å². The third-order valence-electron chi connectivity index (χ3n) is 19.6. The summed E-state index contributed by atoms with van der Waals surface area (Å²) in [6, 6.07) is 129. The predicted octanol–water partition coefficient (Wildman–Crippen LogP) is 15.4. The van der Waals surface area contributed by atoms with Gasteiger partial charge in [0.15, 0.2) is 0 Å². The number of hydrogen-bond donors (Lipinski definition) is 0. The Labute approximate surface area is 539 Å². The average Bonchev–Trinajstić information content (AvgIpc) is 0.862. The van der Waals surface area contributed by atoms with Gasteiger partial charge in [-0.05, 0) is 0 Å². The van der Waals surface area contributed by atoms with E-state index in [4.69, 9.17) is 0 Å². The zero-order valence-electron chi connectivity index (χ0n) is 50.2. The van der Waals surface area contributed by atoms with Crippen molar-refractivity contribution >= 4 is 145 Å². The summed E-state index contributed by atoms with van der Waals surface area (Å²) in [6.07, 6.45) is 0. The molecule has 18 rings (SSSR count). The summed E-state index contributed by atoms with van der Waals surface area (Å²) >= 11 is -7.72. The molecule has 2 aliphatic heterocycles. The number of fused-ring (bicyclic) bond motifs is 10. The molecule has 14 aromatic carbocycles. The number of aromatic nitrogens is 2. The van der Waals surface area contributed by atoms with Crippen LogP contribution in [0.3, 0.4) is 0 Å². The Balaban J connectivity index is 0.752. The van der Waals surface area contributed by atoms with Crippen LogP contribution < -0.4 is 45.0 Å². The molecule has 0 aliphatic carbocycles. The van der Waals surface area contributed by atoms with Crippen LogP contribution in [0.4, 0.5) is 34.1 Å². The van der Waals surface area contributed by atoms with E-state index in [1.165, 1.54) is 78.8 Å². The molecule has 5 nitrogen and oxygen atoms in total. The third-order valence-corrected chi connectivity index (χ3v) is 39.9. The topological polar surface area (TPSA) is 33.4 Å². The molecule has 0 saturated heterocycles. The molecule has 4 heterocycles. The van der Waals surface area contributed by atoms with Gasteiger partial charge in [0.1, 0.15) is 0 Å². The van der Waals surface area contributed by atoms with Crippen molar-refractivity contribution in [3.63, 3.8) is 0 Å². The maximum atomic E-state index is 15.1. The SMILES string of the molecule is O=C(c1ccc(N2c3cccc[c]3[Ge]([c]3ccccc3)([c]3ccccc3)[c]3cc(-n4c5ccccc5c5ccccc54)ccc32)cc1)c1ccc(N2c3cccc[c]3[Ge]([c]3ccccc3)([c]3ccccc3)[c]3cc(-n4c5ccccc5c5ccccc54)ccc32)cc1. The number of nitrogens with zero attached hydrogens (tertiary/aromatic N) is 4. The molecule has 0 saturated carbocycles. The van der Waals surface area contributed by atoms with Crippen molar-refractivity contribution in [1.82, 2.24) is 9.13 Å². The minimum atomic E-state index is -3.86. The van der Waals surface area contributed by atoms with Gasteiger partial charge in [-0.1, -0.05) is 0 Å². The third kappa shape index (κ3) is 8.02. The zero-order chi connectivity index (χ0) is 60.9. The number of anilines is 6. The Kier molecular flexibility index (Phi) is 12.7. The van der Waals surface area contributed by atoms with Crippen LogP contribution in [0.1, 0.15) is 15.9 Å². The van der Waals surface area contributed by atoms with E-state index < -0.39 is 26.5 Å². The van der Waals surface area contributed by atoms with Crippen LogP contribution in [0.2, 0.25) is 0 Å². The first-order valence-corrected chi connectivity index (χ1v) is 40.0. The number of carbonyl (C=O) groups is 1. The standard InChI is InChI=1S/C85H58Ge2N4O/c92-85(59-45-49-65(50-46-59)88-81-43-23-17-37-73(81)86(61-25-5-1-6-26-61,62-27-7-2-8-28-62)75-57-67(53-55-83(75)88)90-77-39-19-13-33-69(77)70-34-14-20-40-78(70)90)60-47-51-66(52-48-60)89-82-44-24-18-38-74(82)87(63-29-9-3-10-30-63,64-31-11-4-12-32-64)76-58-68(54-56-84(76)89)91-79-41-21-15-35-71(79)72-36-16-22-42-80(72)91/h1-58H. The Morgan fingerprint density at radius 1 is 0.228 bits per heavy atom. The minimum absolute atomic E-state index is 0.0297. The maximum absolute atomic E-state index is 15.1. The number of hydrogen-bond acceptors (Lipinski definition) is 3. The predicted molar refractivity (Wildman–Crippen MR) is 389 cm³/mol. The van der Waals surface area contributed by atoms with E-state index >= 15 is 4.79 Å². The van der Waals surface area contributed by atoms with Crippen LogP contribution in [0, 0.1) is 0 Å². The van der Waals surface area contributed by atoms with E-state index in [0.29, 0.717) is 11.1 Å². The molecule has 92 heavy (non-hydrogen) atoms. The fraction of sp³-hybridized carbons (Fsp3) is 0. The van der Waals surface area contributed by atoms with E-state index in [1.807, 2.05) is 24.3 Å². The van der Waals surface area contributed by atoms with Gasteiger partial charge in [0.2, 0.25) is 0 Å². The molecule has 432 valence electrons. The Morgan fingerprint density at radius 3 is 0.815 bits per heavy atom. The molecule has 0 atom stereocenters. The Bertz CT molecular complexity index is 5020. The Morgan fingerprint density at radius 2 is 0.489 bits per heavy atom. The second-order valence-corrected chi connectivity index (χ2v) is 39.9. The second kappa shape index (κ2) is 21.6. The van der Waals surface area contributed by atoms with Crippen molar-refractivity contribution in [1.29, 1.82) is 0 Å². The monoisotopic (exact) mass is 1300 g/mol. The summed E-state index contributed by atoms with van der Waals surface area (Å²) in [7, 11) is 0. The first-order valence-electron chi connectivity index (χ1n) is 31.6.